The number of hydrogen-bond acceptors (Lipinski definition) is 6. The van der Waals surface area contributed by atoms with Crippen molar-refractivity contribution in [3.8, 4) is 0 Å². The molecule has 0 aliphatic carbocycles. The van der Waals surface area contributed by atoms with Gasteiger partial charge >= 0.3 is 5.97 Å². The molecule has 2 aromatic heterocycles. The standard InChI is InChI=1S/C10H12N4O3S/c15-8(16)2-1-7-13-14-9(6-3-4-17-5-6)11-12-10(14)18-7/h6H,1-5H2,(H,15,16). The summed E-state index contributed by atoms with van der Waals surface area (Å²) in [5.74, 6) is 0.250. The molecular weight excluding hydrogens is 256 g/mol. The van der Waals surface area contributed by atoms with Gasteiger partial charge in [0.15, 0.2) is 5.82 Å². The number of fused-ring (bicyclic) bond motifs is 1. The molecule has 3 heterocycles. The minimum Gasteiger partial charge on any atom is -0.481 e. The molecule has 1 unspecified atom stereocenters. The molecule has 1 aliphatic rings. The van der Waals surface area contributed by atoms with Crippen LogP contribution in [-0.4, -0.2) is 44.1 Å². The second-order valence-electron chi connectivity index (χ2n) is 4.20. The predicted molar refractivity (Wildman–Crippen MR) is 62.8 cm³/mol. The summed E-state index contributed by atoms with van der Waals surface area (Å²) >= 11 is 1.39. The number of aryl methyl sites for hydroxylation is 1. The molecule has 2 aromatic rings. The van der Waals surface area contributed by atoms with Crippen LogP contribution in [0.5, 0.6) is 0 Å². The number of aliphatic carboxylic acids is 1. The van der Waals surface area contributed by atoms with E-state index < -0.39 is 5.97 Å². The van der Waals surface area contributed by atoms with E-state index in [0.717, 1.165) is 28.8 Å². The van der Waals surface area contributed by atoms with Gasteiger partial charge in [0.05, 0.1) is 13.0 Å². The third kappa shape index (κ3) is 2.08. The topological polar surface area (TPSA) is 89.6 Å². The number of carboxylic acid groups (broad SMARTS) is 1. The van der Waals surface area contributed by atoms with Crippen LogP contribution in [0, 0.1) is 0 Å². The third-order valence-electron chi connectivity index (χ3n) is 2.90. The van der Waals surface area contributed by atoms with Gasteiger partial charge in [0, 0.05) is 18.9 Å². The SMILES string of the molecule is O=C(O)CCc1nn2c(C3CCOC3)nnc2s1. The van der Waals surface area contributed by atoms with Crippen LogP contribution in [0.2, 0.25) is 0 Å². The maximum Gasteiger partial charge on any atom is 0.303 e. The Bertz CT molecular complexity index is 573. The van der Waals surface area contributed by atoms with Crippen LogP contribution < -0.4 is 0 Å². The van der Waals surface area contributed by atoms with E-state index in [1.54, 1.807) is 4.52 Å². The van der Waals surface area contributed by atoms with Gasteiger partial charge in [-0.15, -0.1) is 10.2 Å². The minimum atomic E-state index is -0.814. The molecule has 0 aromatic carbocycles. The molecule has 0 saturated carbocycles. The molecule has 0 radical (unpaired) electrons. The largest absolute Gasteiger partial charge is 0.481 e. The molecule has 1 saturated heterocycles. The molecule has 0 amide bonds. The highest BCUT2D eigenvalue weighted by Gasteiger charge is 2.24. The maximum absolute atomic E-state index is 10.5. The molecule has 1 aliphatic heterocycles. The summed E-state index contributed by atoms with van der Waals surface area (Å²) in [4.78, 5) is 11.2. The normalized spacial score (nSPS) is 19.7. The van der Waals surface area contributed by atoms with Crippen molar-refractivity contribution in [1.82, 2.24) is 19.8 Å². The van der Waals surface area contributed by atoms with Crippen molar-refractivity contribution in [2.75, 3.05) is 13.2 Å². The predicted octanol–water partition coefficient (Wildman–Crippen LogP) is 0.707. The fourth-order valence-corrected chi connectivity index (χ4v) is 2.82. The molecule has 0 spiro atoms. The zero-order valence-electron chi connectivity index (χ0n) is 9.57. The number of hydrogen-bond donors (Lipinski definition) is 1. The molecule has 1 fully saturated rings. The second kappa shape index (κ2) is 4.62. The van der Waals surface area contributed by atoms with Crippen LogP contribution >= 0.6 is 11.3 Å². The monoisotopic (exact) mass is 268 g/mol. The lowest BCUT2D eigenvalue weighted by Crippen LogP contribution is -2.05. The fourth-order valence-electron chi connectivity index (χ4n) is 1.98. The van der Waals surface area contributed by atoms with E-state index in [0.29, 0.717) is 13.0 Å². The van der Waals surface area contributed by atoms with Gasteiger partial charge in [-0.1, -0.05) is 11.3 Å². The Kier molecular flexibility index (Phi) is 2.96. The number of aromatic nitrogens is 4. The Labute approximate surface area is 106 Å². The first-order valence-electron chi connectivity index (χ1n) is 5.74. The average molecular weight is 268 g/mol. The lowest BCUT2D eigenvalue weighted by molar-refractivity contribution is -0.136. The highest BCUT2D eigenvalue weighted by Crippen LogP contribution is 2.25. The minimum absolute atomic E-state index is 0.0893. The number of carbonyl (C=O) groups is 1. The Balaban J connectivity index is 1.85. The van der Waals surface area contributed by atoms with Gasteiger partial charge < -0.3 is 9.84 Å². The average Bonchev–Trinajstić information content (AvgIpc) is 3.01. The summed E-state index contributed by atoms with van der Waals surface area (Å²) in [6, 6.07) is 0. The first kappa shape index (κ1) is 11.5. The van der Waals surface area contributed by atoms with Crippen LogP contribution in [0.4, 0.5) is 0 Å². The van der Waals surface area contributed by atoms with Gasteiger partial charge in [-0.3, -0.25) is 4.79 Å². The molecule has 0 bridgehead atoms. The van der Waals surface area contributed by atoms with Crippen LogP contribution in [0.15, 0.2) is 0 Å². The highest BCUT2D eigenvalue weighted by molar-refractivity contribution is 7.16. The van der Waals surface area contributed by atoms with E-state index in [1.165, 1.54) is 11.3 Å². The number of carboxylic acids is 1. The lowest BCUT2D eigenvalue weighted by Gasteiger charge is -2.01. The van der Waals surface area contributed by atoms with Gasteiger partial charge in [0.2, 0.25) is 4.96 Å². The van der Waals surface area contributed by atoms with E-state index in [4.69, 9.17) is 9.84 Å². The van der Waals surface area contributed by atoms with Crippen molar-refractivity contribution in [2.45, 2.75) is 25.2 Å². The molecule has 7 nitrogen and oxygen atoms in total. The first-order chi connectivity index (χ1) is 8.74. The van der Waals surface area contributed by atoms with Gasteiger partial charge in [0.1, 0.15) is 5.01 Å². The molecule has 18 heavy (non-hydrogen) atoms. The van der Waals surface area contributed by atoms with Crippen molar-refractivity contribution in [1.29, 1.82) is 0 Å². The first-order valence-corrected chi connectivity index (χ1v) is 6.56. The maximum atomic E-state index is 10.5. The van der Waals surface area contributed by atoms with Crippen LogP contribution in [-0.2, 0) is 16.0 Å². The van der Waals surface area contributed by atoms with Crippen molar-refractivity contribution in [3.05, 3.63) is 10.8 Å². The Hall–Kier alpha value is -1.54. The summed E-state index contributed by atoms with van der Waals surface area (Å²) in [6.07, 6.45) is 1.46. The van der Waals surface area contributed by atoms with Gasteiger partial charge in [0.25, 0.3) is 0 Å². The Morgan fingerprint density at radius 3 is 3.17 bits per heavy atom. The summed E-state index contributed by atoms with van der Waals surface area (Å²) in [5, 5.41) is 22.0. The van der Waals surface area contributed by atoms with E-state index in [-0.39, 0.29) is 12.3 Å². The molecule has 96 valence electrons. The van der Waals surface area contributed by atoms with Crippen molar-refractivity contribution in [3.63, 3.8) is 0 Å². The van der Waals surface area contributed by atoms with Gasteiger partial charge in [-0.25, -0.2) is 0 Å². The summed E-state index contributed by atoms with van der Waals surface area (Å²) < 4.78 is 7.06. The summed E-state index contributed by atoms with van der Waals surface area (Å²) in [6.45, 7) is 1.40. The van der Waals surface area contributed by atoms with E-state index in [2.05, 4.69) is 15.3 Å². The highest BCUT2D eigenvalue weighted by atomic mass is 32.1. The smallest absolute Gasteiger partial charge is 0.303 e. The molecular formula is C10H12N4O3S. The van der Waals surface area contributed by atoms with Crippen molar-refractivity contribution in [2.24, 2.45) is 0 Å². The van der Waals surface area contributed by atoms with E-state index >= 15 is 0 Å². The number of ether oxygens (including phenoxy) is 1. The van der Waals surface area contributed by atoms with Gasteiger partial charge in [-0.2, -0.15) is 9.61 Å². The lowest BCUT2D eigenvalue weighted by atomic mass is 10.1. The van der Waals surface area contributed by atoms with Crippen LogP contribution in [0.1, 0.15) is 29.6 Å². The number of rotatable bonds is 4. The zero-order chi connectivity index (χ0) is 12.5. The molecule has 1 atom stereocenters. The third-order valence-corrected chi connectivity index (χ3v) is 3.86. The second-order valence-corrected chi connectivity index (χ2v) is 5.24. The summed E-state index contributed by atoms with van der Waals surface area (Å²) in [7, 11) is 0. The fraction of sp³-hybridized carbons (Fsp3) is 0.600. The van der Waals surface area contributed by atoms with Gasteiger partial charge in [-0.05, 0) is 6.42 Å². The van der Waals surface area contributed by atoms with Crippen molar-refractivity contribution >= 4 is 22.3 Å². The molecule has 1 N–H and O–H groups in total. The molecule has 3 rings (SSSR count). The van der Waals surface area contributed by atoms with Crippen molar-refractivity contribution < 1.29 is 14.6 Å². The molecule has 8 heteroatoms. The Morgan fingerprint density at radius 1 is 1.56 bits per heavy atom. The Morgan fingerprint density at radius 2 is 2.44 bits per heavy atom. The number of nitrogens with zero attached hydrogens (tertiary/aromatic N) is 4. The quantitative estimate of drug-likeness (QED) is 0.878. The van der Waals surface area contributed by atoms with E-state index in [1.807, 2.05) is 0 Å². The summed E-state index contributed by atoms with van der Waals surface area (Å²) in [5.41, 5.74) is 0. The van der Waals surface area contributed by atoms with Crippen LogP contribution in [0.25, 0.3) is 4.96 Å². The van der Waals surface area contributed by atoms with Crippen LogP contribution in [0.3, 0.4) is 0 Å². The van der Waals surface area contributed by atoms with E-state index in [9.17, 15) is 4.79 Å². The zero-order valence-corrected chi connectivity index (χ0v) is 10.4.